The summed E-state index contributed by atoms with van der Waals surface area (Å²) in [4.78, 5) is 56.6. The SMILES string of the molecule is Cn1c(=O)n([C@H]2CCC(=O)NC2=O)c2ccc(CCCOCCN3CCC(N4CCN(Cc5ccc(-c6c[nH]c7nc(NCCC(F)(F)F)ncc67)cc5)CC4)CC3)cc21. The zero-order valence-electron chi connectivity index (χ0n) is 34.0. The number of ether oxygens (including phenoxy) is 1. The molecule has 14 nitrogen and oxygen atoms in total. The number of halogens is 3. The summed E-state index contributed by atoms with van der Waals surface area (Å²) in [6, 6.07) is 14.4. The lowest BCUT2D eigenvalue weighted by Crippen LogP contribution is -2.53. The van der Waals surface area contributed by atoms with Crippen LogP contribution in [0.5, 0.6) is 0 Å². The zero-order chi connectivity index (χ0) is 41.8. The molecular weight excluding hydrogens is 778 g/mol. The van der Waals surface area contributed by atoms with E-state index in [9.17, 15) is 27.6 Å². The monoisotopic (exact) mass is 830 g/mol. The summed E-state index contributed by atoms with van der Waals surface area (Å²) in [6.07, 6.45) is 2.91. The molecule has 17 heteroatoms. The number of carbonyl (C=O) groups excluding carboxylic acids is 2. The van der Waals surface area contributed by atoms with Crippen molar-refractivity contribution < 1.29 is 27.5 Å². The van der Waals surface area contributed by atoms with Gasteiger partial charge in [-0.05, 0) is 74.0 Å². The number of fused-ring (bicyclic) bond motifs is 2. The molecule has 0 spiro atoms. The first-order valence-corrected chi connectivity index (χ1v) is 21.0. The largest absolute Gasteiger partial charge is 0.390 e. The fraction of sp³-hybridized carbons (Fsp3) is 0.512. The topological polar surface area (TPSA) is 146 Å². The van der Waals surface area contributed by atoms with Crippen LogP contribution >= 0.6 is 0 Å². The van der Waals surface area contributed by atoms with Crippen molar-refractivity contribution in [2.75, 3.05) is 70.9 Å². The van der Waals surface area contributed by atoms with Crippen molar-refractivity contribution in [2.24, 2.45) is 7.05 Å². The number of nitrogens with one attached hydrogen (secondary N) is 3. The van der Waals surface area contributed by atoms with Crippen LogP contribution in [0.3, 0.4) is 0 Å². The van der Waals surface area contributed by atoms with Gasteiger partial charge in [0.2, 0.25) is 17.8 Å². The standard InChI is InChI=1S/C43H53F3N10O4/c1-52-37-25-29(6-9-35(37)56(42(52)59)36-10-11-38(57)50-40(36)58)3-2-23-60-24-22-53-16-12-32(13-17-53)55-20-18-54(19-21-55)28-30-4-7-31(8-5-30)33-26-48-39-34(33)27-49-41(51-39)47-15-14-43(44,45)46/h4-9,25-27,32,36H,2-3,10-24,28H2,1H3,(H,50,57,58)(H2,47,48,49,51)/t36-/m0/s1. The van der Waals surface area contributed by atoms with Crippen LogP contribution in [0.15, 0.2) is 59.7 Å². The van der Waals surface area contributed by atoms with Crippen molar-refractivity contribution in [2.45, 2.75) is 69.8 Å². The molecule has 8 rings (SSSR count). The van der Waals surface area contributed by atoms with Crippen LogP contribution in [-0.4, -0.2) is 128 Å². The number of H-pyrrole nitrogens is 1. The first-order valence-electron chi connectivity index (χ1n) is 21.0. The van der Waals surface area contributed by atoms with Gasteiger partial charge in [0.05, 0.1) is 24.1 Å². The Morgan fingerprint density at radius 3 is 2.42 bits per heavy atom. The van der Waals surface area contributed by atoms with Crippen LogP contribution in [0.4, 0.5) is 19.1 Å². The fourth-order valence-corrected chi connectivity index (χ4v) is 8.86. The Labute approximate surface area is 346 Å². The molecule has 3 fully saturated rings. The summed E-state index contributed by atoms with van der Waals surface area (Å²) >= 11 is 0. The second kappa shape index (κ2) is 18.3. The number of likely N-dealkylation sites (tertiary alicyclic amines) is 1. The quantitative estimate of drug-likeness (QED) is 0.0990. The maximum Gasteiger partial charge on any atom is 0.390 e. The highest BCUT2D eigenvalue weighted by Gasteiger charge is 2.32. The van der Waals surface area contributed by atoms with Gasteiger partial charge in [-0.1, -0.05) is 30.3 Å². The van der Waals surface area contributed by atoms with E-state index in [0.717, 1.165) is 92.8 Å². The number of alkyl halides is 3. The van der Waals surface area contributed by atoms with E-state index in [-0.39, 0.29) is 30.5 Å². The van der Waals surface area contributed by atoms with Crippen molar-refractivity contribution in [1.82, 2.24) is 44.1 Å². The number of hydrogen-bond donors (Lipinski definition) is 3. The summed E-state index contributed by atoms with van der Waals surface area (Å²) < 4.78 is 46.6. The van der Waals surface area contributed by atoms with Crippen molar-refractivity contribution in [3.8, 4) is 11.1 Å². The van der Waals surface area contributed by atoms with Gasteiger partial charge >= 0.3 is 11.9 Å². The second-order valence-corrected chi connectivity index (χ2v) is 16.2. The Balaban J connectivity index is 0.712. The average molecular weight is 831 g/mol. The van der Waals surface area contributed by atoms with Crippen molar-refractivity contribution in [3.63, 3.8) is 0 Å². The van der Waals surface area contributed by atoms with Crippen LogP contribution in [0.1, 0.15) is 55.7 Å². The number of aromatic amines is 1. The van der Waals surface area contributed by atoms with E-state index in [1.807, 2.05) is 24.4 Å². The van der Waals surface area contributed by atoms with Gasteiger partial charge in [0.1, 0.15) is 11.7 Å². The highest BCUT2D eigenvalue weighted by atomic mass is 19.4. The predicted molar refractivity (Wildman–Crippen MR) is 223 cm³/mol. The minimum Gasteiger partial charge on any atom is -0.380 e. The summed E-state index contributed by atoms with van der Waals surface area (Å²) in [5, 5.41) is 5.82. The van der Waals surface area contributed by atoms with Gasteiger partial charge in [0.25, 0.3) is 0 Å². The number of benzene rings is 2. The van der Waals surface area contributed by atoms with Gasteiger partial charge in [0, 0.05) is 95.3 Å². The number of carbonyl (C=O) groups is 2. The molecule has 3 saturated heterocycles. The number of piperidine rings is 2. The Bertz CT molecular complexity index is 2340. The maximum absolute atomic E-state index is 13.1. The van der Waals surface area contributed by atoms with Gasteiger partial charge in [0.15, 0.2) is 0 Å². The second-order valence-electron chi connectivity index (χ2n) is 16.2. The van der Waals surface area contributed by atoms with E-state index >= 15 is 0 Å². The molecule has 0 unspecified atom stereocenters. The molecule has 0 bridgehead atoms. The van der Waals surface area contributed by atoms with Gasteiger partial charge in [-0.25, -0.2) is 9.78 Å². The first kappa shape index (κ1) is 41.6. The molecule has 1 atom stereocenters. The lowest BCUT2D eigenvalue weighted by atomic mass is 10.0. The van der Waals surface area contributed by atoms with Crippen molar-refractivity contribution in [3.05, 3.63) is 76.5 Å². The van der Waals surface area contributed by atoms with Crippen LogP contribution in [0.2, 0.25) is 0 Å². The molecule has 5 aromatic rings. The number of rotatable bonds is 15. The number of nitrogens with zero attached hydrogens (tertiary/aromatic N) is 7. The fourth-order valence-electron chi connectivity index (χ4n) is 8.86. The minimum absolute atomic E-state index is 0.167. The Kier molecular flexibility index (Phi) is 12.7. The number of hydrogen-bond acceptors (Lipinski definition) is 10. The van der Waals surface area contributed by atoms with E-state index in [4.69, 9.17) is 4.74 Å². The van der Waals surface area contributed by atoms with E-state index < -0.39 is 24.5 Å². The van der Waals surface area contributed by atoms with Crippen molar-refractivity contribution in [1.29, 1.82) is 0 Å². The summed E-state index contributed by atoms with van der Waals surface area (Å²) in [5.74, 6) is -0.561. The smallest absolute Gasteiger partial charge is 0.380 e. The minimum atomic E-state index is -4.23. The third kappa shape index (κ3) is 9.75. The normalized spacial score (nSPS) is 19.1. The van der Waals surface area contributed by atoms with E-state index in [1.165, 1.54) is 23.0 Å². The number of imide groups is 1. The molecule has 0 aliphatic carbocycles. The van der Waals surface area contributed by atoms with Gasteiger partial charge in [-0.3, -0.25) is 33.8 Å². The number of anilines is 1. The Morgan fingerprint density at radius 2 is 1.67 bits per heavy atom. The number of aryl methyl sites for hydroxylation is 2. The first-order chi connectivity index (χ1) is 29.0. The van der Waals surface area contributed by atoms with E-state index in [1.54, 1.807) is 17.8 Å². The lowest BCUT2D eigenvalue weighted by Gasteiger charge is -2.42. The van der Waals surface area contributed by atoms with E-state index in [0.29, 0.717) is 36.8 Å². The van der Waals surface area contributed by atoms with Crippen LogP contribution < -0.4 is 16.3 Å². The maximum atomic E-state index is 13.1. The molecule has 3 aliphatic rings. The molecule has 2 aromatic carbocycles. The molecule has 6 heterocycles. The Hall–Kier alpha value is -5.10. The molecular formula is C43H53F3N10O4. The molecule has 3 aliphatic heterocycles. The third-order valence-electron chi connectivity index (χ3n) is 12.3. The predicted octanol–water partition coefficient (Wildman–Crippen LogP) is 4.85. The Morgan fingerprint density at radius 1 is 0.900 bits per heavy atom. The van der Waals surface area contributed by atoms with E-state index in [2.05, 4.69) is 64.6 Å². The number of piperazine rings is 1. The van der Waals surface area contributed by atoms with Gasteiger partial charge < -0.3 is 19.9 Å². The highest BCUT2D eigenvalue weighted by molar-refractivity contribution is 6.00. The van der Waals surface area contributed by atoms with Crippen LogP contribution in [-0.2, 0) is 34.3 Å². The summed E-state index contributed by atoms with van der Waals surface area (Å²) in [5.41, 5.74) is 6.14. The average Bonchev–Trinajstić information content (AvgIpc) is 3.76. The van der Waals surface area contributed by atoms with Crippen LogP contribution in [0.25, 0.3) is 33.2 Å². The zero-order valence-corrected chi connectivity index (χ0v) is 34.0. The number of imidazole rings is 1. The molecule has 60 heavy (non-hydrogen) atoms. The lowest BCUT2D eigenvalue weighted by molar-refractivity contribution is -0.136. The number of amides is 2. The summed E-state index contributed by atoms with van der Waals surface area (Å²) in [7, 11) is 1.72. The molecule has 320 valence electrons. The molecule has 3 aromatic heterocycles. The third-order valence-corrected chi connectivity index (χ3v) is 12.3. The molecule has 3 N–H and O–H groups in total. The van der Waals surface area contributed by atoms with Crippen molar-refractivity contribution >= 4 is 39.8 Å². The molecule has 0 saturated carbocycles. The summed E-state index contributed by atoms with van der Waals surface area (Å²) in [6.45, 7) is 9.31. The highest BCUT2D eigenvalue weighted by Crippen LogP contribution is 2.29. The van der Waals surface area contributed by atoms with Gasteiger partial charge in [-0.2, -0.15) is 18.2 Å². The van der Waals surface area contributed by atoms with Crippen LogP contribution in [0, 0.1) is 0 Å². The molecule has 0 radical (unpaired) electrons. The number of aromatic nitrogens is 5. The molecule has 2 amide bonds. The van der Waals surface area contributed by atoms with Gasteiger partial charge in [-0.15, -0.1) is 0 Å².